The maximum absolute atomic E-state index is 13.3. The van der Waals surface area contributed by atoms with Gasteiger partial charge in [0.2, 0.25) is 5.91 Å². The van der Waals surface area contributed by atoms with E-state index in [1.54, 1.807) is 13.8 Å². The third-order valence-electron chi connectivity index (χ3n) is 6.61. The normalized spacial score (nSPS) is 20.1. The molecule has 1 aliphatic heterocycles. The Bertz CT molecular complexity index is 849. The van der Waals surface area contributed by atoms with E-state index in [1.807, 2.05) is 30.9 Å². The molecule has 1 saturated carbocycles. The molecule has 0 bridgehead atoms. The summed E-state index contributed by atoms with van der Waals surface area (Å²) in [5.41, 5.74) is 3.53. The molecule has 3 rings (SSSR count). The number of benzene rings is 1. The van der Waals surface area contributed by atoms with E-state index >= 15 is 0 Å². The maximum Gasteiger partial charge on any atom is 0.219 e. The lowest BCUT2D eigenvalue weighted by molar-refractivity contribution is -0.138. The van der Waals surface area contributed by atoms with Gasteiger partial charge in [-0.15, -0.1) is 5.92 Å². The van der Waals surface area contributed by atoms with Crippen molar-refractivity contribution in [3.05, 3.63) is 34.4 Å². The molecule has 0 aromatic heterocycles. The van der Waals surface area contributed by atoms with Gasteiger partial charge in [-0.1, -0.05) is 5.92 Å². The van der Waals surface area contributed by atoms with Gasteiger partial charge in [-0.3, -0.25) is 14.4 Å². The fourth-order valence-electron chi connectivity index (χ4n) is 5.35. The smallest absolute Gasteiger partial charge is 0.219 e. The van der Waals surface area contributed by atoms with E-state index in [4.69, 9.17) is 0 Å². The zero-order valence-electron chi connectivity index (χ0n) is 18.1. The molecule has 1 heterocycles. The van der Waals surface area contributed by atoms with Gasteiger partial charge in [-0.25, -0.2) is 0 Å². The zero-order valence-corrected chi connectivity index (χ0v) is 18.1. The molecule has 1 aromatic rings. The second-order valence-electron chi connectivity index (χ2n) is 8.83. The molecule has 2 fully saturated rings. The molecule has 0 unspecified atom stereocenters. The van der Waals surface area contributed by atoms with Crippen LogP contribution < -0.4 is 0 Å². The molecule has 0 atom stereocenters. The Morgan fingerprint density at radius 1 is 1.03 bits per heavy atom. The van der Waals surface area contributed by atoms with Crippen molar-refractivity contribution < 1.29 is 14.4 Å². The highest BCUT2D eigenvalue weighted by Gasteiger charge is 2.46. The Morgan fingerprint density at radius 2 is 1.55 bits per heavy atom. The van der Waals surface area contributed by atoms with E-state index in [-0.39, 0.29) is 22.9 Å². The Hall–Kier alpha value is -2.41. The summed E-state index contributed by atoms with van der Waals surface area (Å²) >= 11 is 0. The molecule has 1 saturated heterocycles. The van der Waals surface area contributed by atoms with Crippen LogP contribution in [-0.4, -0.2) is 35.5 Å². The van der Waals surface area contributed by atoms with Crippen LogP contribution in [0.25, 0.3) is 0 Å². The standard InChI is InChI=1S/C25H31NO3/c1-5-8-20-13-17(2)23(18(3)14-20)24-21(28)15-25(16-22(24)29)9-6-11-26(19(4)27)12-7-10-25/h13-14,24H,6-7,9-12,15-16H2,1-4H3. The minimum Gasteiger partial charge on any atom is -0.343 e. The van der Waals surface area contributed by atoms with Gasteiger partial charge in [0.1, 0.15) is 17.5 Å². The first kappa shape index (κ1) is 21.3. The van der Waals surface area contributed by atoms with Crippen LogP contribution in [0.15, 0.2) is 12.1 Å². The first-order valence-electron chi connectivity index (χ1n) is 10.6. The highest BCUT2D eigenvalue weighted by Crippen LogP contribution is 2.46. The van der Waals surface area contributed by atoms with Gasteiger partial charge in [-0.2, -0.15) is 0 Å². The van der Waals surface area contributed by atoms with Crippen LogP contribution in [0, 0.1) is 31.1 Å². The van der Waals surface area contributed by atoms with E-state index < -0.39 is 5.92 Å². The molecule has 2 aliphatic rings. The van der Waals surface area contributed by atoms with Crippen LogP contribution in [0.2, 0.25) is 0 Å². The molecule has 1 amide bonds. The van der Waals surface area contributed by atoms with Gasteiger partial charge in [-0.05, 0) is 80.7 Å². The number of rotatable bonds is 1. The third kappa shape index (κ3) is 4.45. The van der Waals surface area contributed by atoms with E-state index in [0.717, 1.165) is 61.0 Å². The molecule has 4 nitrogen and oxygen atoms in total. The number of likely N-dealkylation sites (tertiary alicyclic amines) is 1. The van der Waals surface area contributed by atoms with Crippen LogP contribution in [-0.2, 0) is 14.4 Å². The van der Waals surface area contributed by atoms with Crippen molar-refractivity contribution in [2.75, 3.05) is 13.1 Å². The lowest BCUT2D eigenvalue weighted by Gasteiger charge is -2.41. The highest BCUT2D eigenvalue weighted by atomic mass is 16.2. The fraction of sp³-hybridized carbons (Fsp3) is 0.560. The number of Topliss-reactive ketones (excluding diaryl/α,β-unsaturated/α-hetero) is 2. The summed E-state index contributed by atoms with van der Waals surface area (Å²) in [6.07, 6.45) is 4.33. The first-order chi connectivity index (χ1) is 13.8. The predicted octanol–water partition coefficient (Wildman–Crippen LogP) is 4.10. The maximum atomic E-state index is 13.3. The van der Waals surface area contributed by atoms with E-state index in [9.17, 15) is 14.4 Å². The number of carbonyl (C=O) groups is 3. The lowest BCUT2D eigenvalue weighted by atomic mass is 9.62. The van der Waals surface area contributed by atoms with Crippen molar-refractivity contribution >= 4 is 17.5 Å². The number of nitrogens with zero attached hydrogens (tertiary/aromatic N) is 1. The van der Waals surface area contributed by atoms with Crippen molar-refractivity contribution in [2.45, 2.75) is 72.1 Å². The number of hydrogen-bond donors (Lipinski definition) is 0. The minimum absolute atomic E-state index is 0.0609. The number of carbonyl (C=O) groups excluding carboxylic acids is 3. The molecule has 4 heteroatoms. The summed E-state index contributed by atoms with van der Waals surface area (Å²) in [5, 5.41) is 0. The minimum atomic E-state index is -0.636. The Morgan fingerprint density at radius 3 is 2.00 bits per heavy atom. The summed E-state index contributed by atoms with van der Waals surface area (Å²) in [4.78, 5) is 40.1. The fourth-order valence-corrected chi connectivity index (χ4v) is 5.35. The average molecular weight is 394 g/mol. The molecule has 1 aliphatic carbocycles. The molecular weight excluding hydrogens is 362 g/mol. The second kappa shape index (κ2) is 8.53. The van der Waals surface area contributed by atoms with Crippen LogP contribution >= 0.6 is 0 Å². The monoisotopic (exact) mass is 393 g/mol. The Kier molecular flexibility index (Phi) is 6.27. The largest absolute Gasteiger partial charge is 0.343 e. The van der Waals surface area contributed by atoms with Crippen LogP contribution in [0.3, 0.4) is 0 Å². The molecule has 1 aromatic carbocycles. The first-order valence-corrected chi connectivity index (χ1v) is 10.6. The van der Waals surface area contributed by atoms with Crippen molar-refractivity contribution in [1.29, 1.82) is 0 Å². The third-order valence-corrected chi connectivity index (χ3v) is 6.61. The number of amides is 1. The zero-order chi connectivity index (χ0) is 21.2. The van der Waals surface area contributed by atoms with Crippen LogP contribution in [0.1, 0.15) is 80.5 Å². The Labute approximate surface area is 174 Å². The molecule has 0 N–H and O–H groups in total. The number of ketones is 2. The van der Waals surface area contributed by atoms with Crippen molar-refractivity contribution in [3.8, 4) is 11.8 Å². The summed E-state index contributed by atoms with van der Waals surface area (Å²) in [7, 11) is 0. The number of aryl methyl sites for hydroxylation is 2. The van der Waals surface area contributed by atoms with Gasteiger partial charge in [0, 0.05) is 38.4 Å². The summed E-state index contributed by atoms with van der Waals surface area (Å²) < 4.78 is 0. The van der Waals surface area contributed by atoms with Gasteiger partial charge >= 0.3 is 0 Å². The van der Waals surface area contributed by atoms with Crippen molar-refractivity contribution in [3.63, 3.8) is 0 Å². The lowest BCUT2D eigenvalue weighted by Crippen LogP contribution is -2.42. The summed E-state index contributed by atoms with van der Waals surface area (Å²) in [5.74, 6) is 5.57. The van der Waals surface area contributed by atoms with Crippen LogP contribution in [0.4, 0.5) is 0 Å². The summed E-state index contributed by atoms with van der Waals surface area (Å²) in [6.45, 7) is 8.80. The summed E-state index contributed by atoms with van der Waals surface area (Å²) in [6, 6.07) is 3.96. The molecule has 154 valence electrons. The van der Waals surface area contributed by atoms with Crippen LogP contribution in [0.5, 0.6) is 0 Å². The average Bonchev–Trinajstić information content (AvgIpc) is 2.60. The number of hydrogen-bond acceptors (Lipinski definition) is 3. The molecular formula is C25H31NO3. The van der Waals surface area contributed by atoms with Crippen molar-refractivity contribution in [2.24, 2.45) is 5.41 Å². The van der Waals surface area contributed by atoms with Gasteiger partial charge in [0.15, 0.2) is 0 Å². The topological polar surface area (TPSA) is 54.5 Å². The van der Waals surface area contributed by atoms with Gasteiger partial charge in [0.05, 0.1) is 0 Å². The Balaban J connectivity index is 1.82. The quantitative estimate of drug-likeness (QED) is 0.533. The molecule has 1 spiro atoms. The molecule has 29 heavy (non-hydrogen) atoms. The highest BCUT2D eigenvalue weighted by molar-refractivity contribution is 6.10. The second-order valence-corrected chi connectivity index (χ2v) is 8.83. The predicted molar refractivity (Wildman–Crippen MR) is 114 cm³/mol. The van der Waals surface area contributed by atoms with E-state index in [0.29, 0.717) is 12.8 Å². The molecule has 0 radical (unpaired) electrons. The van der Waals surface area contributed by atoms with E-state index in [2.05, 4.69) is 11.8 Å². The SMILES string of the molecule is CC#Cc1cc(C)c(C2C(=O)CC3(CCCN(C(C)=O)CCC3)CC2=O)c(C)c1. The van der Waals surface area contributed by atoms with Crippen molar-refractivity contribution in [1.82, 2.24) is 4.90 Å². The van der Waals surface area contributed by atoms with E-state index in [1.165, 1.54) is 0 Å². The van der Waals surface area contributed by atoms with Gasteiger partial charge < -0.3 is 4.90 Å². The van der Waals surface area contributed by atoms with Gasteiger partial charge in [0.25, 0.3) is 0 Å².